The van der Waals surface area contributed by atoms with Crippen LogP contribution in [0.3, 0.4) is 0 Å². The molecule has 8 aliphatic rings. The number of methoxy groups -OCH3 is 2. The van der Waals surface area contributed by atoms with Gasteiger partial charge in [0.1, 0.15) is 12.1 Å². The Balaban J connectivity index is 1.42. The first-order valence-electron chi connectivity index (χ1n) is 14.2. The van der Waals surface area contributed by atoms with Crippen LogP contribution in [0, 0.1) is 11.8 Å². The van der Waals surface area contributed by atoms with E-state index in [2.05, 4.69) is 4.90 Å². The fourth-order valence-electron chi connectivity index (χ4n) is 9.71. The van der Waals surface area contributed by atoms with Crippen LogP contribution >= 0.6 is 0 Å². The number of nitrogens with zero attached hydrogens (tertiary/aromatic N) is 2. The van der Waals surface area contributed by atoms with Crippen LogP contribution in [-0.2, 0) is 43.5 Å². The molecule has 1 aliphatic carbocycles. The Morgan fingerprint density at radius 1 is 1.02 bits per heavy atom. The highest BCUT2D eigenvalue weighted by atomic mass is 16.7. The summed E-state index contributed by atoms with van der Waals surface area (Å²) in [6.07, 6.45) is -1.53. The highest BCUT2D eigenvalue weighted by Crippen LogP contribution is 2.70. The topological polar surface area (TPSA) is 150 Å². The smallest absolute Gasteiger partial charge is 0.342 e. The number of hydrogen-bond acceptors (Lipinski definition) is 12. The number of rotatable bonds is 2. The van der Waals surface area contributed by atoms with Crippen LogP contribution in [0.5, 0.6) is 11.5 Å². The normalized spacial score (nSPS) is 44.0. The zero-order chi connectivity index (χ0) is 28.9. The van der Waals surface area contributed by atoms with Crippen molar-refractivity contribution in [2.75, 3.05) is 38.8 Å². The molecule has 1 amide bonds. The molecule has 7 aliphatic heterocycles. The van der Waals surface area contributed by atoms with Gasteiger partial charge in [-0.1, -0.05) is 6.08 Å². The summed E-state index contributed by atoms with van der Waals surface area (Å²) in [4.78, 5) is 59.1. The molecule has 3 unspecified atom stereocenters. The average Bonchev–Trinajstić information content (AvgIpc) is 3.36. The number of carbonyl (C=O) groups excluding carboxylic acids is 4. The lowest BCUT2D eigenvalue weighted by Gasteiger charge is -2.64. The first kappa shape index (κ1) is 24.9. The monoisotopic (exact) mass is 580 g/mol. The summed E-state index contributed by atoms with van der Waals surface area (Å²) < 4.78 is 36.1. The number of fused-ring (bicyclic) bond motifs is 4. The van der Waals surface area contributed by atoms with Gasteiger partial charge in [-0.15, -0.1) is 0 Å². The second kappa shape index (κ2) is 7.63. The van der Waals surface area contributed by atoms with Crippen molar-refractivity contribution in [2.45, 2.75) is 60.4 Å². The minimum absolute atomic E-state index is 0.128. The van der Waals surface area contributed by atoms with Gasteiger partial charge in [-0.05, 0) is 23.6 Å². The third kappa shape index (κ3) is 2.59. The van der Waals surface area contributed by atoms with Crippen LogP contribution in [0.1, 0.15) is 24.8 Å². The first-order valence-corrected chi connectivity index (χ1v) is 14.2. The van der Waals surface area contributed by atoms with Gasteiger partial charge in [0.15, 0.2) is 17.1 Å². The highest BCUT2D eigenvalue weighted by molar-refractivity contribution is 6.04. The molecule has 1 saturated carbocycles. The second-order valence-electron chi connectivity index (χ2n) is 12.6. The van der Waals surface area contributed by atoms with Crippen molar-refractivity contribution in [3.63, 3.8) is 0 Å². The third-order valence-corrected chi connectivity index (χ3v) is 10.9. The molecule has 13 heteroatoms. The Morgan fingerprint density at radius 3 is 2.57 bits per heavy atom. The van der Waals surface area contributed by atoms with Gasteiger partial charge in [0, 0.05) is 30.5 Å². The highest BCUT2D eigenvalue weighted by Gasteiger charge is 2.83. The standard InChI is InChI=1S/C29H28N2O11/c1-37-15-7-13-14(8-16(15)38-2)31-23-19-20-12-3-6-39-21(19)22(24(31)34)40-17(32)9-27(36)10-18(33)41-29(20,42-26(27)35)25-28(13,23)4-5-30(25)11-12/h3,7-8,19-23,25,36H,4-6,9-11H2,1-2H3/t19-,20-,21+,22?,23-,25+,27?,28-,29?/m0/s1. The van der Waals surface area contributed by atoms with Crippen molar-refractivity contribution in [3.05, 3.63) is 29.3 Å². The molecule has 5 saturated heterocycles. The van der Waals surface area contributed by atoms with E-state index in [1.807, 2.05) is 12.1 Å². The van der Waals surface area contributed by atoms with E-state index >= 15 is 0 Å². The van der Waals surface area contributed by atoms with Gasteiger partial charge in [-0.3, -0.25) is 19.3 Å². The molecule has 0 radical (unpaired) electrons. The molecular formula is C29H28N2O11. The summed E-state index contributed by atoms with van der Waals surface area (Å²) in [7, 11) is 3.04. The predicted molar refractivity (Wildman–Crippen MR) is 136 cm³/mol. The van der Waals surface area contributed by atoms with E-state index in [1.165, 1.54) is 14.2 Å². The van der Waals surface area contributed by atoms with Crippen LogP contribution in [-0.4, -0.2) is 103 Å². The van der Waals surface area contributed by atoms with Gasteiger partial charge >= 0.3 is 17.9 Å². The van der Waals surface area contributed by atoms with E-state index in [0.717, 1.165) is 11.1 Å². The van der Waals surface area contributed by atoms with E-state index in [1.54, 1.807) is 11.0 Å². The number of piperidine rings is 2. The molecule has 2 spiro atoms. The number of carbonyl (C=O) groups is 4. The molecule has 220 valence electrons. The number of esters is 3. The summed E-state index contributed by atoms with van der Waals surface area (Å²) in [5.74, 6) is -5.77. The lowest BCUT2D eigenvalue weighted by Crippen LogP contribution is -2.81. The largest absolute Gasteiger partial charge is 0.493 e. The van der Waals surface area contributed by atoms with Gasteiger partial charge in [-0.25, -0.2) is 4.79 Å². The number of hydrogen-bond donors (Lipinski definition) is 1. The maximum absolute atomic E-state index is 14.5. The van der Waals surface area contributed by atoms with E-state index in [-0.39, 0.29) is 6.61 Å². The molecule has 1 aromatic carbocycles. The van der Waals surface area contributed by atoms with Gasteiger partial charge in [-0.2, -0.15) is 0 Å². The number of anilines is 1. The Kier molecular flexibility index (Phi) is 4.52. The average molecular weight is 581 g/mol. The number of amides is 1. The van der Waals surface area contributed by atoms with Crippen molar-refractivity contribution in [1.82, 2.24) is 4.90 Å². The first-order chi connectivity index (χ1) is 20.2. The molecule has 42 heavy (non-hydrogen) atoms. The minimum Gasteiger partial charge on any atom is -0.493 e. The molecule has 13 nitrogen and oxygen atoms in total. The summed E-state index contributed by atoms with van der Waals surface area (Å²) in [5, 5.41) is 11.4. The van der Waals surface area contributed by atoms with Crippen molar-refractivity contribution in [2.24, 2.45) is 11.8 Å². The molecule has 7 bridgehead atoms. The van der Waals surface area contributed by atoms with Crippen LogP contribution < -0.4 is 14.4 Å². The molecule has 6 fully saturated rings. The van der Waals surface area contributed by atoms with E-state index < -0.39 is 89.6 Å². The zero-order valence-electron chi connectivity index (χ0n) is 22.9. The molecule has 1 aromatic rings. The summed E-state index contributed by atoms with van der Waals surface area (Å²) >= 11 is 0. The fraction of sp³-hybridized carbons (Fsp3) is 0.586. The van der Waals surface area contributed by atoms with Gasteiger partial charge < -0.3 is 38.4 Å². The van der Waals surface area contributed by atoms with Crippen LogP contribution in [0.15, 0.2) is 23.8 Å². The summed E-state index contributed by atoms with van der Waals surface area (Å²) in [6.45, 7) is 1.21. The van der Waals surface area contributed by atoms with E-state index in [0.29, 0.717) is 36.7 Å². The van der Waals surface area contributed by atoms with Gasteiger partial charge in [0.2, 0.25) is 6.10 Å². The van der Waals surface area contributed by atoms with Crippen molar-refractivity contribution in [1.29, 1.82) is 0 Å². The minimum atomic E-state index is -2.52. The van der Waals surface area contributed by atoms with Crippen LogP contribution in [0.25, 0.3) is 0 Å². The van der Waals surface area contributed by atoms with Crippen molar-refractivity contribution < 1.29 is 52.7 Å². The zero-order valence-corrected chi connectivity index (χ0v) is 22.9. The van der Waals surface area contributed by atoms with Gasteiger partial charge in [0.25, 0.3) is 11.7 Å². The Morgan fingerprint density at radius 2 is 1.79 bits per heavy atom. The summed E-state index contributed by atoms with van der Waals surface area (Å²) in [6, 6.07) is 2.39. The SMILES string of the molecule is COc1cc2c(cc1OC)[C@@]13CCN4CC5=CCO[C@H]6C7OC(=O)CC8(O)CC(=O)OC(OC8=O)([C@@H]5[C@@H]6[C@@H]1N2C7=O)[C@H]43. The molecule has 9 rings (SSSR count). The number of benzene rings is 1. The molecule has 0 aromatic heterocycles. The fourth-order valence-corrected chi connectivity index (χ4v) is 9.71. The third-order valence-electron chi connectivity index (χ3n) is 10.9. The second-order valence-corrected chi connectivity index (χ2v) is 12.6. The van der Waals surface area contributed by atoms with Crippen LogP contribution in [0.4, 0.5) is 5.69 Å². The quantitative estimate of drug-likeness (QED) is 0.357. The van der Waals surface area contributed by atoms with E-state index in [4.69, 9.17) is 28.4 Å². The van der Waals surface area contributed by atoms with E-state index in [9.17, 15) is 24.3 Å². The molecular weight excluding hydrogens is 552 g/mol. The number of aliphatic hydroxyl groups is 1. The predicted octanol–water partition coefficient (Wildman–Crippen LogP) is -0.437. The maximum atomic E-state index is 14.5. The summed E-state index contributed by atoms with van der Waals surface area (Å²) in [5.41, 5.74) is -1.23. The Bertz CT molecular complexity index is 1560. The van der Waals surface area contributed by atoms with Gasteiger partial charge in [0.05, 0.1) is 51.3 Å². The molecule has 9 atom stereocenters. The van der Waals surface area contributed by atoms with Crippen LogP contribution in [0.2, 0.25) is 0 Å². The maximum Gasteiger partial charge on any atom is 0.342 e. The Hall–Kier alpha value is -3.68. The molecule has 7 heterocycles. The van der Waals surface area contributed by atoms with Crippen molar-refractivity contribution >= 4 is 29.5 Å². The Labute approximate surface area is 239 Å². The lowest BCUT2D eigenvalue weighted by molar-refractivity contribution is -0.303. The number of ether oxygens (including phenoxy) is 6. The molecule has 1 N–H and O–H groups in total. The van der Waals surface area contributed by atoms with Crippen molar-refractivity contribution in [3.8, 4) is 11.5 Å². The lowest BCUT2D eigenvalue weighted by atomic mass is 9.50.